The lowest BCUT2D eigenvalue weighted by molar-refractivity contribution is -0.141. The molecule has 0 aliphatic carbocycles. The number of thioether (sulfide) groups is 1. The van der Waals surface area contributed by atoms with E-state index in [2.05, 4.69) is 5.32 Å². The molecule has 0 saturated heterocycles. The largest absolute Gasteiger partial charge is 0.352 e. The van der Waals surface area contributed by atoms with Crippen LogP contribution >= 0.6 is 35.0 Å². The van der Waals surface area contributed by atoms with Crippen molar-refractivity contribution in [3.8, 4) is 0 Å². The van der Waals surface area contributed by atoms with E-state index in [9.17, 15) is 9.59 Å². The SMILES string of the molecule is CCC(C(=O)NC(C)C)N(Cc1ccccc1Cl)C(=O)CCCSc1ccc(Cl)cc1. The van der Waals surface area contributed by atoms with Gasteiger partial charge in [0.05, 0.1) is 0 Å². The summed E-state index contributed by atoms with van der Waals surface area (Å²) in [5, 5.41) is 4.25. The van der Waals surface area contributed by atoms with Gasteiger partial charge in [0.1, 0.15) is 6.04 Å². The number of halogens is 2. The Morgan fingerprint density at radius 2 is 1.74 bits per heavy atom. The average Bonchev–Trinajstić information content (AvgIpc) is 2.73. The summed E-state index contributed by atoms with van der Waals surface area (Å²) in [6, 6.07) is 14.6. The number of rotatable bonds is 11. The van der Waals surface area contributed by atoms with Crippen LogP contribution in [0.2, 0.25) is 10.0 Å². The molecular weight excluding hydrogens is 451 g/mol. The van der Waals surface area contributed by atoms with E-state index in [-0.39, 0.29) is 17.9 Å². The second-order valence-electron chi connectivity index (χ2n) is 7.61. The van der Waals surface area contributed by atoms with E-state index in [1.54, 1.807) is 22.7 Å². The van der Waals surface area contributed by atoms with Crippen LogP contribution in [0.4, 0.5) is 0 Å². The van der Waals surface area contributed by atoms with Gasteiger partial charge in [-0.1, -0.05) is 48.3 Å². The van der Waals surface area contributed by atoms with Crippen molar-refractivity contribution in [1.29, 1.82) is 0 Å². The molecule has 2 amide bonds. The molecule has 0 bridgehead atoms. The molecule has 0 radical (unpaired) electrons. The maximum Gasteiger partial charge on any atom is 0.243 e. The number of nitrogens with zero attached hydrogens (tertiary/aromatic N) is 1. The Bertz CT molecular complexity index is 859. The van der Waals surface area contributed by atoms with Crippen molar-refractivity contribution in [2.24, 2.45) is 0 Å². The Kier molecular flexibility index (Phi) is 10.7. The van der Waals surface area contributed by atoms with Gasteiger partial charge < -0.3 is 10.2 Å². The third-order valence-electron chi connectivity index (χ3n) is 4.73. The molecule has 1 atom stereocenters. The minimum Gasteiger partial charge on any atom is -0.352 e. The van der Waals surface area contributed by atoms with E-state index in [1.165, 1.54) is 0 Å². The first kappa shape index (κ1) is 25.6. The summed E-state index contributed by atoms with van der Waals surface area (Å²) in [4.78, 5) is 28.8. The third-order valence-corrected chi connectivity index (χ3v) is 6.45. The quantitative estimate of drug-likeness (QED) is 0.307. The molecular formula is C24H30Cl2N2O2S. The van der Waals surface area contributed by atoms with Crippen LogP contribution in [0.5, 0.6) is 0 Å². The van der Waals surface area contributed by atoms with Gasteiger partial charge in [-0.25, -0.2) is 0 Å². The fraction of sp³-hybridized carbons (Fsp3) is 0.417. The molecule has 2 aromatic carbocycles. The van der Waals surface area contributed by atoms with Gasteiger partial charge in [0, 0.05) is 33.9 Å². The summed E-state index contributed by atoms with van der Waals surface area (Å²) < 4.78 is 0. The second-order valence-corrected chi connectivity index (χ2v) is 9.62. The minimum absolute atomic E-state index is 0.00888. The molecule has 0 spiro atoms. The van der Waals surface area contributed by atoms with Crippen LogP contribution < -0.4 is 5.32 Å². The molecule has 1 unspecified atom stereocenters. The highest BCUT2D eigenvalue weighted by atomic mass is 35.5. The van der Waals surface area contributed by atoms with Gasteiger partial charge in [0.2, 0.25) is 11.8 Å². The third kappa shape index (κ3) is 8.40. The zero-order valence-corrected chi connectivity index (χ0v) is 20.6. The summed E-state index contributed by atoms with van der Waals surface area (Å²) in [6.45, 7) is 6.07. The van der Waals surface area contributed by atoms with Gasteiger partial charge in [0.15, 0.2) is 0 Å². The van der Waals surface area contributed by atoms with Gasteiger partial charge in [-0.05, 0) is 68.3 Å². The number of carbonyl (C=O) groups is 2. The van der Waals surface area contributed by atoms with E-state index in [4.69, 9.17) is 23.2 Å². The van der Waals surface area contributed by atoms with E-state index < -0.39 is 6.04 Å². The van der Waals surface area contributed by atoms with Crippen LogP contribution in [-0.4, -0.2) is 34.6 Å². The molecule has 2 aromatic rings. The zero-order valence-electron chi connectivity index (χ0n) is 18.2. The second kappa shape index (κ2) is 13.0. The molecule has 1 N–H and O–H groups in total. The normalized spacial score (nSPS) is 11.9. The van der Waals surface area contributed by atoms with Crippen LogP contribution in [0, 0.1) is 0 Å². The van der Waals surface area contributed by atoms with E-state index >= 15 is 0 Å². The van der Waals surface area contributed by atoms with Gasteiger partial charge >= 0.3 is 0 Å². The Morgan fingerprint density at radius 3 is 2.35 bits per heavy atom. The minimum atomic E-state index is -0.532. The summed E-state index contributed by atoms with van der Waals surface area (Å²) >= 11 is 14.0. The molecule has 4 nitrogen and oxygen atoms in total. The number of amides is 2. The maximum atomic E-state index is 13.2. The number of nitrogens with one attached hydrogen (secondary N) is 1. The molecule has 0 aliphatic heterocycles. The number of hydrogen-bond acceptors (Lipinski definition) is 3. The smallest absolute Gasteiger partial charge is 0.243 e. The fourth-order valence-electron chi connectivity index (χ4n) is 3.20. The van der Waals surface area contributed by atoms with Crippen molar-refractivity contribution in [3.63, 3.8) is 0 Å². The van der Waals surface area contributed by atoms with Gasteiger partial charge in [-0.2, -0.15) is 0 Å². The first-order valence-corrected chi connectivity index (χ1v) is 12.3. The van der Waals surface area contributed by atoms with Crippen molar-refractivity contribution < 1.29 is 9.59 Å². The Labute approximate surface area is 199 Å². The summed E-state index contributed by atoms with van der Waals surface area (Å²) in [5.74, 6) is 0.637. The molecule has 2 rings (SSSR count). The highest BCUT2D eigenvalue weighted by molar-refractivity contribution is 7.99. The van der Waals surface area contributed by atoms with E-state index in [0.717, 1.165) is 16.2 Å². The molecule has 0 heterocycles. The van der Waals surface area contributed by atoms with E-state index in [0.29, 0.717) is 35.9 Å². The molecule has 0 aliphatic rings. The molecule has 0 aromatic heterocycles. The maximum absolute atomic E-state index is 13.2. The first-order valence-electron chi connectivity index (χ1n) is 10.5. The molecule has 0 saturated carbocycles. The van der Waals surface area contributed by atoms with Crippen LogP contribution in [-0.2, 0) is 16.1 Å². The average molecular weight is 481 g/mol. The van der Waals surface area contributed by atoms with Crippen molar-refractivity contribution >= 4 is 46.8 Å². The van der Waals surface area contributed by atoms with Crippen molar-refractivity contribution in [1.82, 2.24) is 10.2 Å². The van der Waals surface area contributed by atoms with Crippen LogP contribution in [0.3, 0.4) is 0 Å². The van der Waals surface area contributed by atoms with Crippen molar-refractivity contribution in [2.45, 2.75) is 63.6 Å². The Hall–Kier alpha value is -1.69. The number of benzene rings is 2. The predicted molar refractivity (Wildman–Crippen MR) is 131 cm³/mol. The van der Waals surface area contributed by atoms with E-state index in [1.807, 2.05) is 63.2 Å². The topological polar surface area (TPSA) is 49.4 Å². The highest BCUT2D eigenvalue weighted by Crippen LogP contribution is 2.23. The molecule has 31 heavy (non-hydrogen) atoms. The lowest BCUT2D eigenvalue weighted by Gasteiger charge is -2.31. The monoisotopic (exact) mass is 480 g/mol. The molecule has 168 valence electrons. The molecule has 0 fully saturated rings. The highest BCUT2D eigenvalue weighted by Gasteiger charge is 2.29. The van der Waals surface area contributed by atoms with Crippen molar-refractivity contribution in [3.05, 3.63) is 64.1 Å². The fourth-order valence-corrected chi connectivity index (χ4v) is 4.37. The van der Waals surface area contributed by atoms with Gasteiger partial charge in [0.25, 0.3) is 0 Å². The summed E-state index contributed by atoms with van der Waals surface area (Å²) in [5.41, 5.74) is 0.837. The van der Waals surface area contributed by atoms with Crippen LogP contribution in [0.25, 0.3) is 0 Å². The predicted octanol–water partition coefficient (Wildman–Crippen LogP) is 6.20. The summed E-state index contributed by atoms with van der Waals surface area (Å²) in [6.07, 6.45) is 1.62. The van der Waals surface area contributed by atoms with Crippen LogP contribution in [0.15, 0.2) is 53.4 Å². The van der Waals surface area contributed by atoms with Gasteiger partial charge in [-0.15, -0.1) is 11.8 Å². The standard InChI is InChI=1S/C24H30Cl2N2O2S/c1-4-22(24(30)27-17(2)3)28(16-18-8-5-6-9-21(18)26)23(29)10-7-15-31-20-13-11-19(25)12-14-20/h5-6,8-9,11-14,17,22H,4,7,10,15-16H2,1-3H3,(H,27,30). The van der Waals surface area contributed by atoms with Gasteiger partial charge in [-0.3, -0.25) is 9.59 Å². The van der Waals surface area contributed by atoms with Crippen molar-refractivity contribution in [2.75, 3.05) is 5.75 Å². The first-order chi connectivity index (χ1) is 14.8. The summed E-state index contributed by atoms with van der Waals surface area (Å²) in [7, 11) is 0. The zero-order chi connectivity index (χ0) is 22.8. The number of carbonyl (C=O) groups excluding carboxylic acids is 2. The lowest BCUT2D eigenvalue weighted by atomic mass is 10.1. The Morgan fingerprint density at radius 1 is 1.06 bits per heavy atom. The lowest BCUT2D eigenvalue weighted by Crippen LogP contribution is -2.50. The van der Waals surface area contributed by atoms with Crippen LogP contribution in [0.1, 0.15) is 45.6 Å². The Balaban J connectivity index is 2.06. The molecule has 7 heteroatoms. The number of hydrogen-bond donors (Lipinski definition) is 1.